The minimum absolute atomic E-state index is 1.53. The van der Waals surface area contributed by atoms with Crippen molar-refractivity contribution in [2.75, 3.05) is 0 Å². The highest BCUT2D eigenvalue weighted by Crippen LogP contribution is 1.67. The van der Waals surface area contributed by atoms with Gasteiger partial charge >= 0.3 is 0 Å². The molecule has 0 aromatic rings. The summed E-state index contributed by atoms with van der Waals surface area (Å²) in [5, 5.41) is 0. The van der Waals surface area contributed by atoms with Gasteiger partial charge in [-0.2, -0.15) is 0 Å². The van der Waals surface area contributed by atoms with Gasteiger partial charge in [-0.3, -0.25) is 12.2 Å². The number of hydrogen-bond donors (Lipinski definition) is 0. The van der Waals surface area contributed by atoms with Crippen molar-refractivity contribution >= 4 is 0 Å². The van der Waals surface area contributed by atoms with Crippen molar-refractivity contribution in [1.29, 1.82) is 0 Å². The van der Waals surface area contributed by atoms with Crippen LogP contribution in [0.2, 0.25) is 0 Å². The van der Waals surface area contributed by atoms with Crippen molar-refractivity contribution in [2.24, 2.45) is 0 Å². The monoisotopic (exact) mass is 77.0 g/mol. The lowest BCUT2D eigenvalue weighted by Gasteiger charge is -1.74. The molecule has 0 aromatic carbocycles. The fourth-order valence-electron chi connectivity index (χ4n) is 0.107. The van der Waals surface area contributed by atoms with E-state index >= 15 is 0 Å². The lowest BCUT2D eigenvalue weighted by atomic mass is 10.4. The molecular weight excluding hydrogens is 72.1 g/mol. The molecule has 0 rings (SSSR count). The van der Waals surface area contributed by atoms with E-state index in [1.165, 1.54) is 6.42 Å². The van der Waals surface area contributed by atoms with Crippen molar-refractivity contribution in [2.45, 2.75) is 0 Å². The van der Waals surface area contributed by atoms with E-state index in [1.54, 1.807) is 6.08 Å². The molecule has 0 aliphatic heterocycles. The maximum atomic E-state index is 4.81. The Morgan fingerprint density at radius 2 is 2.50 bits per heavy atom. The minimum atomic E-state index is 1.53. The second-order valence-electron chi connectivity index (χ2n) is 0.704. The molecule has 0 saturated heterocycles. The summed E-state index contributed by atoms with van der Waals surface area (Å²) in [5.41, 5.74) is 2.50. The Labute approximate surface area is 38.2 Å². The smallest absolute Gasteiger partial charge is 0.117 e. The molecule has 0 amide bonds. The highest BCUT2D eigenvalue weighted by atomic mass is 13.6. The van der Waals surface area contributed by atoms with Crippen LogP contribution < -0.4 is 0 Å². The molecule has 0 spiro atoms. The molecule has 0 fully saturated rings. The van der Waals surface area contributed by atoms with Crippen LogP contribution in [-0.2, 0) is 0 Å². The Morgan fingerprint density at radius 3 is 2.67 bits per heavy atom. The summed E-state index contributed by atoms with van der Waals surface area (Å²) in [6.07, 6.45) is 7.93. The molecule has 0 nitrogen and oxygen atoms in total. The maximum Gasteiger partial charge on any atom is -0.117 e. The Morgan fingerprint density at radius 1 is 1.83 bits per heavy atom. The molecule has 30 valence electrons. The molecular formula is C6H5-. The molecule has 0 N–H and O–H groups in total. The third-order valence-electron chi connectivity index (χ3n) is 0.297. The first-order valence-corrected chi connectivity index (χ1v) is 1.55. The van der Waals surface area contributed by atoms with E-state index in [2.05, 4.69) is 18.2 Å². The van der Waals surface area contributed by atoms with Gasteiger partial charge in [0.15, 0.2) is 0 Å². The largest absolute Gasteiger partial charge is 0.278 e. The third-order valence-corrected chi connectivity index (χ3v) is 0.297. The second-order valence-corrected chi connectivity index (χ2v) is 0.704. The first kappa shape index (κ1) is 4.95. The first-order valence-electron chi connectivity index (χ1n) is 1.55. The fourth-order valence-corrected chi connectivity index (χ4v) is 0.107. The molecule has 0 atom stereocenters. The van der Waals surface area contributed by atoms with Crippen molar-refractivity contribution in [3.8, 4) is 12.3 Å². The van der Waals surface area contributed by atoms with E-state index in [-0.39, 0.29) is 0 Å². The van der Waals surface area contributed by atoms with Gasteiger partial charge in [0.1, 0.15) is 0 Å². The van der Waals surface area contributed by atoms with Crippen molar-refractivity contribution in [3.05, 3.63) is 24.8 Å². The summed E-state index contributed by atoms with van der Waals surface area (Å²) >= 11 is 0. The summed E-state index contributed by atoms with van der Waals surface area (Å²) in [4.78, 5) is 0. The zero-order valence-corrected chi connectivity index (χ0v) is 3.44. The molecule has 0 radical (unpaired) electrons. The van der Waals surface area contributed by atoms with Crippen LogP contribution in [-0.4, -0.2) is 0 Å². The molecule has 0 aliphatic rings. The van der Waals surface area contributed by atoms with E-state index in [1.807, 2.05) is 0 Å². The standard InChI is InChI=1S/C6H5/c1-3-5-6-4-2/h1,5-6H,2H2/q-1. The molecule has 0 saturated carbocycles. The summed E-state index contributed by atoms with van der Waals surface area (Å²) < 4.78 is 0. The Balaban J connectivity index is 3.16. The summed E-state index contributed by atoms with van der Waals surface area (Å²) in [5.74, 6) is 2.29. The van der Waals surface area contributed by atoms with Crippen LogP contribution in [0.3, 0.4) is 0 Å². The van der Waals surface area contributed by atoms with Crippen LogP contribution in [0.5, 0.6) is 0 Å². The van der Waals surface area contributed by atoms with E-state index < -0.39 is 0 Å². The van der Waals surface area contributed by atoms with Crippen molar-refractivity contribution in [1.82, 2.24) is 0 Å². The summed E-state index contributed by atoms with van der Waals surface area (Å²) in [6.45, 7) is 3.29. The minimum Gasteiger partial charge on any atom is -0.278 e. The van der Waals surface area contributed by atoms with Crippen LogP contribution in [0.25, 0.3) is 0 Å². The highest BCUT2D eigenvalue weighted by molar-refractivity contribution is 5.12. The van der Waals surface area contributed by atoms with E-state index in [0.717, 1.165) is 0 Å². The Hall–Kier alpha value is -1.05. The predicted molar refractivity (Wildman–Crippen MR) is 26.8 cm³/mol. The van der Waals surface area contributed by atoms with Crippen molar-refractivity contribution < 1.29 is 0 Å². The summed E-state index contributed by atoms with van der Waals surface area (Å²) in [7, 11) is 0. The maximum absolute atomic E-state index is 4.81. The van der Waals surface area contributed by atoms with Gasteiger partial charge in [-0.05, 0) is 0 Å². The van der Waals surface area contributed by atoms with E-state index in [4.69, 9.17) is 6.42 Å². The average Bonchev–Trinajstić information content (AvgIpc) is 1.61. The second kappa shape index (κ2) is 3.95. The number of terminal acetylenes is 1. The number of allylic oxidation sites excluding steroid dienone is 1. The lowest BCUT2D eigenvalue weighted by molar-refractivity contribution is 1.89. The van der Waals surface area contributed by atoms with Crippen LogP contribution in [0, 0.1) is 18.8 Å². The van der Waals surface area contributed by atoms with Gasteiger partial charge in [0.25, 0.3) is 0 Å². The van der Waals surface area contributed by atoms with Crippen LogP contribution in [0.15, 0.2) is 18.4 Å². The number of hydrogen-bond acceptors (Lipinski definition) is 0. The van der Waals surface area contributed by atoms with Gasteiger partial charge in [-0.15, -0.1) is 19.1 Å². The molecule has 0 aliphatic carbocycles. The predicted octanol–water partition coefficient (Wildman–Crippen LogP) is 1.16. The normalized spacial score (nSPS) is 4.50. The molecule has 0 heterocycles. The highest BCUT2D eigenvalue weighted by Gasteiger charge is 1.42. The van der Waals surface area contributed by atoms with Gasteiger partial charge < -0.3 is 0 Å². The van der Waals surface area contributed by atoms with Crippen LogP contribution in [0.1, 0.15) is 0 Å². The zero-order valence-electron chi connectivity index (χ0n) is 3.44. The third kappa shape index (κ3) is 2.95. The van der Waals surface area contributed by atoms with Gasteiger partial charge in [-0.25, -0.2) is 5.92 Å². The van der Waals surface area contributed by atoms with E-state index in [0.29, 0.717) is 0 Å². The van der Waals surface area contributed by atoms with E-state index in [9.17, 15) is 0 Å². The van der Waals surface area contributed by atoms with Gasteiger partial charge in [-0.1, -0.05) is 0 Å². The van der Waals surface area contributed by atoms with Crippen molar-refractivity contribution in [3.63, 3.8) is 0 Å². The molecule has 6 heavy (non-hydrogen) atoms. The Kier molecular flexibility index (Phi) is 3.26. The topological polar surface area (TPSA) is 0 Å². The molecule has 0 unspecified atom stereocenters. The van der Waals surface area contributed by atoms with Gasteiger partial charge in [0, 0.05) is 0 Å². The summed E-state index contributed by atoms with van der Waals surface area (Å²) in [6, 6.07) is 0. The average molecular weight is 77.1 g/mol. The molecule has 0 bridgehead atoms. The first-order chi connectivity index (χ1) is 2.91. The van der Waals surface area contributed by atoms with Crippen LogP contribution in [0.4, 0.5) is 0 Å². The Bertz CT molecular complexity index is 97.7. The van der Waals surface area contributed by atoms with Crippen LogP contribution >= 0.6 is 0 Å². The lowest BCUT2D eigenvalue weighted by Crippen LogP contribution is -1.49. The number of rotatable bonds is 1. The quantitative estimate of drug-likeness (QED) is 0.250. The van der Waals surface area contributed by atoms with Gasteiger partial charge in [0.2, 0.25) is 0 Å². The zero-order chi connectivity index (χ0) is 4.83. The molecule has 0 aromatic heterocycles. The fraction of sp³-hybridized carbons (Fsp3) is 0. The molecule has 0 heteroatoms. The van der Waals surface area contributed by atoms with Gasteiger partial charge in [0.05, 0.1) is 0 Å². The SMILES string of the molecule is C#C[CH-]C=C=C.